The predicted molar refractivity (Wildman–Crippen MR) is 78.0 cm³/mol. The van der Waals surface area contributed by atoms with E-state index < -0.39 is 0 Å². The second kappa shape index (κ2) is 4.24. The summed E-state index contributed by atoms with van der Waals surface area (Å²) in [4.78, 5) is 12.6. The number of carbonyl (C=O) groups is 1. The maximum absolute atomic E-state index is 12.6. The van der Waals surface area contributed by atoms with Crippen LogP contribution >= 0.6 is 0 Å². The minimum Gasteiger partial charge on any atom is -0.459 e. The first-order valence-electron chi connectivity index (χ1n) is 8.73. The van der Waals surface area contributed by atoms with Crippen molar-refractivity contribution in [2.75, 3.05) is 0 Å². The molecule has 0 aliphatic heterocycles. The summed E-state index contributed by atoms with van der Waals surface area (Å²) in [6.45, 7) is 6.18. The molecule has 4 fully saturated rings. The molecule has 0 radical (unpaired) electrons. The molecule has 0 spiro atoms. The van der Waals surface area contributed by atoms with Crippen molar-refractivity contribution in [2.24, 2.45) is 41.4 Å². The van der Waals surface area contributed by atoms with Crippen LogP contribution in [-0.4, -0.2) is 11.6 Å². The maximum Gasteiger partial charge on any atom is 0.309 e. The molecule has 0 heterocycles. The third kappa shape index (κ3) is 1.72. The summed E-state index contributed by atoms with van der Waals surface area (Å²) in [6, 6.07) is 0. The number of fused-ring (bicyclic) bond motifs is 9. The minimum absolute atomic E-state index is 0.116. The Morgan fingerprint density at radius 2 is 1.75 bits per heavy atom. The van der Waals surface area contributed by atoms with E-state index in [4.69, 9.17) is 4.74 Å². The molecule has 4 bridgehead atoms. The van der Waals surface area contributed by atoms with Gasteiger partial charge in [-0.3, -0.25) is 4.79 Å². The lowest BCUT2D eigenvalue weighted by Crippen LogP contribution is -2.39. The summed E-state index contributed by atoms with van der Waals surface area (Å²) in [5.41, 5.74) is -0.285. The molecule has 2 heteroatoms. The van der Waals surface area contributed by atoms with Crippen LogP contribution in [-0.2, 0) is 9.53 Å². The number of hydrogen-bond donors (Lipinski definition) is 0. The number of ether oxygens (including phenoxy) is 1. The number of carbonyl (C=O) groups excluding carboxylic acids is 1. The van der Waals surface area contributed by atoms with Gasteiger partial charge in [0.2, 0.25) is 0 Å². The van der Waals surface area contributed by atoms with E-state index in [2.05, 4.69) is 6.92 Å². The molecular formula is C18H28O2. The Labute approximate surface area is 122 Å². The monoisotopic (exact) mass is 276 g/mol. The first-order chi connectivity index (χ1) is 9.50. The van der Waals surface area contributed by atoms with Gasteiger partial charge in [0.15, 0.2) is 0 Å². The van der Waals surface area contributed by atoms with Gasteiger partial charge in [-0.05, 0) is 87.9 Å². The number of hydrogen-bond acceptors (Lipinski definition) is 2. The van der Waals surface area contributed by atoms with Gasteiger partial charge in [-0.2, -0.15) is 0 Å². The van der Waals surface area contributed by atoms with Crippen molar-refractivity contribution in [3.05, 3.63) is 0 Å². The van der Waals surface area contributed by atoms with Crippen molar-refractivity contribution < 1.29 is 9.53 Å². The van der Waals surface area contributed by atoms with Crippen molar-refractivity contribution in [1.29, 1.82) is 0 Å². The van der Waals surface area contributed by atoms with Crippen molar-refractivity contribution in [2.45, 2.75) is 64.9 Å². The largest absolute Gasteiger partial charge is 0.459 e. The summed E-state index contributed by atoms with van der Waals surface area (Å²) in [6.07, 6.45) is 7.76. The fourth-order valence-electron chi connectivity index (χ4n) is 6.26. The van der Waals surface area contributed by atoms with Crippen LogP contribution in [0.5, 0.6) is 0 Å². The van der Waals surface area contributed by atoms with Crippen LogP contribution in [0.2, 0.25) is 0 Å². The second-order valence-electron chi connectivity index (χ2n) is 8.52. The Hall–Kier alpha value is -0.530. The average molecular weight is 276 g/mol. The van der Waals surface area contributed by atoms with Gasteiger partial charge >= 0.3 is 5.97 Å². The SMILES string of the molecule is CCC(C)(C)OC(=O)C1CC2CC1C1C3CCC(C3)C21. The zero-order valence-electron chi connectivity index (χ0n) is 13.1. The van der Waals surface area contributed by atoms with Crippen LogP contribution < -0.4 is 0 Å². The van der Waals surface area contributed by atoms with Gasteiger partial charge in [-0.25, -0.2) is 0 Å². The quantitative estimate of drug-likeness (QED) is 0.574. The van der Waals surface area contributed by atoms with E-state index in [-0.39, 0.29) is 17.5 Å². The molecule has 0 amide bonds. The lowest BCUT2D eigenvalue weighted by atomic mass is 9.67. The molecule has 7 unspecified atom stereocenters. The highest BCUT2D eigenvalue weighted by molar-refractivity contribution is 5.74. The highest BCUT2D eigenvalue weighted by Crippen LogP contribution is 2.68. The Morgan fingerprint density at radius 3 is 2.45 bits per heavy atom. The first kappa shape index (κ1) is 13.2. The third-order valence-corrected chi connectivity index (χ3v) is 7.27. The lowest BCUT2D eigenvalue weighted by molar-refractivity contribution is -0.165. The molecule has 4 aliphatic rings. The van der Waals surface area contributed by atoms with Crippen molar-refractivity contribution in [3.8, 4) is 0 Å². The van der Waals surface area contributed by atoms with Gasteiger partial charge in [0, 0.05) is 0 Å². The number of esters is 1. The Morgan fingerprint density at radius 1 is 1.05 bits per heavy atom. The second-order valence-corrected chi connectivity index (χ2v) is 8.52. The average Bonchev–Trinajstić information content (AvgIpc) is 3.15. The van der Waals surface area contributed by atoms with Crippen LogP contribution in [0, 0.1) is 41.4 Å². The fourth-order valence-corrected chi connectivity index (χ4v) is 6.26. The molecule has 0 saturated heterocycles. The van der Waals surface area contributed by atoms with Gasteiger partial charge in [0.25, 0.3) is 0 Å². The predicted octanol–water partition coefficient (Wildman–Crippen LogP) is 4.04. The summed E-state index contributed by atoms with van der Waals surface area (Å²) in [5.74, 6) is 5.70. The molecule has 0 aromatic rings. The molecule has 2 nitrogen and oxygen atoms in total. The molecule has 0 aromatic carbocycles. The molecule has 4 rings (SSSR count). The highest BCUT2D eigenvalue weighted by Gasteiger charge is 2.63. The summed E-state index contributed by atoms with van der Waals surface area (Å²) >= 11 is 0. The Kier molecular flexibility index (Phi) is 2.79. The first-order valence-corrected chi connectivity index (χ1v) is 8.73. The van der Waals surface area contributed by atoms with E-state index in [9.17, 15) is 4.79 Å². The maximum atomic E-state index is 12.6. The van der Waals surface area contributed by atoms with Crippen LogP contribution in [0.15, 0.2) is 0 Å². The molecule has 20 heavy (non-hydrogen) atoms. The van der Waals surface area contributed by atoms with Gasteiger partial charge < -0.3 is 4.74 Å². The normalized spacial score (nSPS) is 48.6. The standard InChI is InChI=1S/C18H28O2/c1-4-18(2,3)20-17(19)14-9-12-8-13(14)16-11-6-5-10(7-11)15(12)16/h10-16H,4-9H2,1-3H3. The van der Waals surface area contributed by atoms with E-state index in [0.29, 0.717) is 5.92 Å². The summed E-state index contributed by atoms with van der Waals surface area (Å²) in [5, 5.41) is 0. The fraction of sp³-hybridized carbons (Fsp3) is 0.944. The molecule has 4 saturated carbocycles. The van der Waals surface area contributed by atoms with Crippen molar-refractivity contribution in [1.82, 2.24) is 0 Å². The van der Waals surface area contributed by atoms with E-state index in [0.717, 1.165) is 42.4 Å². The van der Waals surface area contributed by atoms with Gasteiger partial charge in [-0.15, -0.1) is 0 Å². The highest BCUT2D eigenvalue weighted by atomic mass is 16.6. The van der Waals surface area contributed by atoms with E-state index >= 15 is 0 Å². The Bertz CT molecular complexity index is 427. The molecule has 4 aliphatic carbocycles. The molecule has 112 valence electrons. The molecule has 0 N–H and O–H groups in total. The van der Waals surface area contributed by atoms with Crippen LogP contribution in [0.3, 0.4) is 0 Å². The summed E-state index contributed by atoms with van der Waals surface area (Å²) < 4.78 is 5.81. The third-order valence-electron chi connectivity index (χ3n) is 7.27. The van der Waals surface area contributed by atoms with Crippen molar-refractivity contribution >= 4 is 5.97 Å². The minimum atomic E-state index is -0.285. The van der Waals surface area contributed by atoms with Crippen molar-refractivity contribution in [3.63, 3.8) is 0 Å². The van der Waals surface area contributed by atoms with Gasteiger partial charge in [-0.1, -0.05) is 6.92 Å². The Balaban J connectivity index is 1.49. The zero-order valence-corrected chi connectivity index (χ0v) is 13.1. The zero-order chi connectivity index (χ0) is 14.1. The number of rotatable bonds is 3. The summed E-state index contributed by atoms with van der Waals surface area (Å²) in [7, 11) is 0. The van der Waals surface area contributed by atoms with E-state index in [1.165, 1.54) is 25.7 Å². The van der Waals surface area contributed by atoms with E-state index in [1.54, 1.807) is 0 Å². The molecular weight excluding hydrogens is 248 g/mol. The van der Waals surface area contributed by atoms with Crippen LogP contribution in [0.25, 0.3) is 0 Å². The molecule has 7 atom stereocenters. The van der Waals surface area contributed by atoms with Gasteiger partial charge in [0.1, 0.15) is 5.60 Å². The smallest absolute Gasteiger partial charge is 0.309 e. The lowest BCUT2D eigenvalue weighted by Gasteiger charge is -2.38. The molecule has 0 aromatic heterocycles. The topological polar surface area (TPSA) is 26.3 Å². The van der Waals surface area contributed by atoms with Crippen LogP contribution in [0.1, 0.15) is 59.3 Å². The van der Waals surface area contributed by atoms with Crippen LogP contribution in [0.4, 0.5) is 0 Å². The van der Waals surface area contributed by atoms with E-state index in [1.807, 2.05) is 13.8 Å². The van der Waals surface area contributed by atoms with Gasteiger partial charge in [0.05, 0.1) is 5.92 Å².